The van der Waals surface area contributed by atoms with Crippen LogP contribution in [0.3, 0.4) is 0 Å². The van der Waals surface area contributed by atoms with E-state index >= 15 is 0 Å². The lowest BCUT2D eigenvalue weighted by atomic mass is 9.49. The van der Waals surface area contributed by atoms with Crippen LogP contribution in [0.25, 0.3) is 21.8 Å². The minimum absolute atomic E-state index is 0.0381. The number of fused-ring (bicyclic) bond motifs is 5. The van der Waals surface area contributed by atoms with Gasteiger partial charge in [0.15, 0.2) is 0 Å². The van der Waals surface area contributed by atoms with E-state index in [1.54, 1.807) is 0 Å². The smallest absolute Gasteiger partial charge is 0.146 e. The molecule has 3 saturated carbocycles. The van der Waals surface area contributed by atoms with Gasteiger partial charge in [-0.25, -0.2) is 0 Å². The number of ketones is 2. The van der Waals surface area contributed by atoms with Crippen molar-refractivity contribution in [3.05, 3.63) is 120 Å². The van der Waals surface area contributed by atoms with Crippen molar-refractivity contribution in [2.24, 2.45) is 22.7 Å². The molecule has 1 heterocycles. The number of carbonyl (C=O) groups is 2. The third-order valence-electron chi connectivity index (χ3n) is 10.5. The molecule has 0 aliphatic heterocycles. The monoisotopic (exact) mass is 495 g/mol. The summed E-state index contributed by atoms with van der Waals surface area (Å²) >= 11 is 0. The molecule has 3 aliphatic carbocycles. The van der Waals surface area contributed by atoms with Gasteiger partial charge in [-0.15, -0.1) is 0 Å². The van der Waals surface area contributed by atoms with E-state index in [0.717, 1.165) is 22.2 Å². The first-order chi connectivity index (χ1) is 18.5. The molecule has 0 bridgehead atoms. The van der Waals surface area contributed by atoms with Crippen LogP contribution < -0.4 is 0 Å². The SMILES string of the molecule is C[C@]12C(=O)[C@@H]3[C@H](n4c5ccccc5c5ccccc54)C[C@]3(C)C(=O)[C@H]1C2(c1ccccc1)c1ccccc1. The van der Waals surface area contributed by atoms with Crippen LogP contribution in [0.4, 0.5) is 0 Å². The number of nitrogens with zero attached hydrogens (tertiary/aromatic N) is 1. The zero-order valence-electron chi connectivity index (χ0n) is 21.6. The van der Waals surface area contributed by atoms with Crippen molar-refractivity contribution in [3.8, 4) is 0 Å². The lowest BCUT2D eigenvalue weighted by molar-refractivity contribution is -0.164. The Balaban J connectivity index is 1.34. The summed E-state index contributed by atoms with van der Waals surface area (Å²) in [5.74, 6) is -0.179. The van der Waals surface area contributed by atoms with Crippen LogP contribution in [0.2, 0.25) is 0 Å². The van der Waals surface area contributed by atoms with Crippen molar-refractivity contribution in [3.63, 3.8) is 0 Å². The highest BCUT2D eigenvalue weighted by Gasteiger charge is 2.88. The van der Waals surface area contributed by atoms with Crippen molar-refractivity contribution < 1.29 is 9.59 Å². The topological polar surface area (TPSA) is 39.1 Å². The van der Waals surface area contributed by atoms with E-state index in [4.69, 9.17) is 0 Å². The van der Waals surface area contributed by atoms with Gasteiger partial charge in [-0.1, -0.05) is 111 Å². The van der Waals surface area contributed by atoms with Gasteiger partial charge in [-0.05, 0) is 29.7 Å². The van der Waals surface area contributed by atoms with E-state index in [0.29, 0.717) is 6.42 Å². The standard InChI is InChI=1S/C35H29NO2/c1-33-21-28(36-26-19-11-9-17-24(26)25-18-10-12-20-27(25)36)29(33)31(37)34(2)30(32(33)38)35(34,22-13-5-3-6-14-22)23-15-7-4-8-16-23/h3-20,28-30H,21H2,1-2H3/t28-,29+,30-,33+,34-/m1/s1. The fourth-order valence-electron chi connectivity index (χ4n) is 8.78. The third kappa shape index (κ3) is 2.29. The molecule has 1 aromatic heterocycles. The molecular formula is C35H29NO2. The summed E-state index contributed by atoms with van der Waals surface area (Å²) in [4.78, 5) is 29.4. The highest BCUT2D eigenvalue weighted by atomic mass is 16.2. The Hall–Kier alpha value is -3.98. The van der Waals surface area contributed by atoms with E-state index in [1.165, 1.54) is 10.8 Å². The second-order valence-electron chi connectivity index (χ2n) is 12.0. The number of carbonyl (C=O) groups excluding carboxylic acids is 2. The van der Waals surface area contributed by atoms with Gasteiger partial charge in [0.25, 0.3) is 0 Å². The maximum absolute atomic E-state index is 14.9. The maximum Gasteiger partial charge on any atom is 0.146 e. The Kier molecular flexibility index (Phi) is 4.12. The molecule has 186 valence electrons. The van der Waals surface area contributed by atoms with Gasteiger partial charge >= 0.3 is 0 Å². The van der Waals surface area contributed by atoms with Crippen molar-refractivity contribution in [1.29, 1.82) is 0 Å². The Labute approximate surface area is 222 Å². The number of rotatable bonds is 3. The zero-order valence-corrected chi connectivity index (χ0v) is 21.6. The fraction of sp³-hybridized carbons (Fsp3) is 0.257. The number of hydrogen-bond donors (Lipinski definition) is 0. The molecule has 38 heavy (non-hydrogen) atoms. The molecule has 0 spiro atoms. The van der Waals surface area contributed by atoms with Crippen LogP contribution in [-0.2, 0) is 15.0 Å². The normalized spacial score (nSPS) is 31.1. The minimum atomic E-state index is -0.769. The largest absolute Gasteiger partial charge is 0.337 e. The summed E-state index contributed by atoms with van der Waals surface area (Å²) in [6, 6.07) is 37.4. The quantitative estimate of drug-likeness (QED) is 0.267. The van der Waals surface area contributed by atoms with Crippen molar-refractivity contribution in [1.82, 2.24) is 4.57 Å². The average Bonchev–Trinajstić information content (AvgIpc) is 3.40. The van der Waals surface area contributed by atoms with Crippen LogP contribution in [0.1, 0.15) is 37.4 Å². The van der Waals surface area contributed by atoms with E-state index in [-0.39, 0.29) is 29.4 Å². The van der Waals surface area contributed by atoms with Gasteiger partial charge in [-0.3, -0.25) is 9.59 Å². The molecule has 3 nitrogen and oxygen atoms in total. The molecule has 0 N–H and O–H groups in total. The Morgan fingerprint density at radius 1 is 0.632 bits per heavy atom. The first-order valence-electron chi connectivity index (χ1n) is 13.6. The molecule has 0 radical (unpaired) electrons. The van der Waals surface area contributed by atoms with E-state index in [2.05, 4.69) is 91.2 Å². The number of benzene rings is 4. The molecule has 0 amide bonds. The summed E-state index contributed by atoms with van der Waals surface area (Å²) in [7, 11) is 0. The van der Waals surface area contributed by atoms with Crippen LogP contribution in [0.15, 0.2) is 109 Å². The first kappa shape index (κ1) is 22.0. The Morgan fingerprint density at radius 2 is 1.11 bits per heavy atom. The van der Waals surface area contributed by atoms with Gasteiger partial charge in [0.05, 0.1) is 11.3 Å². The third-order valence-corrected chi connectivity index (χ3v) is 10.5. The van der Waals surface area contributed by atoms with Crippen molar-refractivity contribution in [2.75, 3.05) is 0 Å². The Bertz CT molecular complexity index is 1690. The number of aromatic nitrogens is 1. The van der Waals surface area contributed by atoms with Gasteiger partial charge in [0.1, 0.15) is 11.6 Å². The van der Waals surface area contributed by atoms with Crippen LogP contribution >= 0.6 is 0 Å². The summed E-state index contributed by atoms with van der Waals surface area (Å²) in [5.41, 5.74) is 2.37. The predicted molar refractivity (Wildman–Crippen MR) is 150 cm³/mol. The molecule has 5 atom stereocenters. The molecule has 8 rings (SSSR count). The molecule has 3 fully saturated rings. The number of Topliss-reactive ketones (excluding diaryl/α,β-unsaturated/α-hetero) is 2. The van der Waals surface area contributed by atoms with Gasteiger partial charge in [0.2, 0.25) is 0 Å². The highest BCUT2D eigenvalue weighted by Crippen LogP contribution is 2.81. The average molecular weight is 496 g/mol. The summed E-state index contributed by atoms with van der Waals surface area (Å²) in [6.07, 6.45) is 0.692. The molecular weight excluding hydrogens is 466 g/mol. The summed E-state index contributed by atoms with van der Waals surface area (Å²) in [5, 5.41) is 2.40. The van der Waals surface area contributed by atoms with E-state index < -0.39 is 16.2 Å². The van der Waals surface area contributed by atoms with E-state index in [1.807, 2.05) is 36.4 Å². The highest BCUT2D eigenvalue weighted by molar-refractivity contribution is 6.14. The van der Waals surface area contributed by atoms with Crippen molar-refractivity contribution in [2.45, 2.75) is 31.7 Å². The molecule has 3 aliphatic rings. The minimum Gasteiger partial charge on any atom is -0.337 e. The zero-order chi connectivity index (χ0) is 25.9. The molecule has 0 saturated heterocycles. The summed E-state index contributed by atoms with van der Waals surface area (Å²) < 4.78 is 2.36. The Morgan fingerprint density at radius 3 is 1.63 bits per heavy atom. The first-order valence-corrected chi connectivity index (χ1v) is 13.6. The second-order valence-corrected chi connectivity index (χ2v) is 12.0. The van der Waals surface area contributed by atoms with Crippen LogP contribution in [0, 0.1) is 22.7 Å². The van der Waals surface area contributed by atoms with Gasteiger partial charge in [0, 0.05) is 44.6 Å². The number of hydrogen-bond acceptors (Lipinski definition) is 2. The van der Waals surface area contributed by atoms with Crippen LogP contribution in [0.5, 0.6) is 0 Å². The summed E-state index contributed by atoms with van der Waals surface area (Å²) in [6.45, 7) is 4.12. The maximum atomic E-state index is 14.9. The fourth-order valence-corrected chi connectivity index (χ4v) is 8.78. The van der Waals surface area contributed by atoms with Crippen molar-refractivity contribution >= 4 is 33.4 Å². The molecule has 0 unspecified atom stereocenters. The molecule has 3 heteroatoms. The van der Waals surface area contributed by atoms with Gasteiger partial charge < -0.3 is 4.57 Å². The molecule has 5 aromatic rings. The van der Waals surface area contributed by atoms with Crippen LogP contribution in [-0.4, -0.2) is 16.1 Å². The number of para-hydroxylation sites is 2. The lowest BCUT2D eigenvalue weighted by Crippen LogP contribution is -2.60. The van der Waals surface area contributed by atoms with Gasteiger partial charge in [-0.2, -0.15) is 0 Å². The predicted octanol–water partition coefficient (Wildman–Crippen LogP) is 7.14. The second kappa shape index (κ2) is 7.11. The molecule has 4 aromatic carbocycles. The lowest BCUT2D eigenvalue weighted by Gasteiger charge is -2.55. The van der Waals surface area contributed by atoms with E-state index in [9.17, 15) is 9.59 Å².